The summed E-state index contributed by atoms with van der Waals surface area (Å²) >= 11 is 0. The van der Waals surface area contributed by atoms with E-state index < -0.39 is 97.5 Å². The van der Waals surface area contributed by atoms with Crippen LogP contribution in [0.1, 0.15) is 285 Å². The van der Waals surface area contributed by atoms with Gasteiger partial charge in [0.15, 0.2) is 12.2 Å². The van der Waals surface area contributed by atoms with Crippen LogP contribution in [0.3, 0.4) is 0 Å². The van der Waals surface area contributed by atoms with Gasteiger partial charge in [0.2, 0.25) is 0 Å². The van der Waals surface area contributed by atoms with Crippen molar-refractivity contribution in [3.63, 3.8) is 0 Å². The SMILES string of the molecule is CC/C=C\C/C=C\C/C=C\C/C=C\C/C=C\CCCC(=O)OCC(COP(=O)(O)OCC(O)COP(=O)(O)OCC(COC(=O)CCCC/C=C\C/C=C\C/C=C\C/C=C\CC)OC(=O)CCCCCCC/C=C\CCCC)OC(=O)CCCCCCCCCCCCCCC. The Morgan fingerprint density at radius 3 is 0.938 bits per heavy atom. The molecule has 0 amide bonds. The molecule has 96 heavy (non-hydrogen) atoms. The van der Waals surface area contributed by atoms with Crippen molar-refractivity contribution in [1.29, 1.82) is 0 Å². The molecule has 0 saturated heterocycles. The summed E-state index contributed by atoms with van der Waals surface area (Å²) in [6.07, 6.45) is 73.6. The summed E-state index contributed by atoms with van der Waals surface area (Å²) in [6.45, 7) is 4.47. The number of unbranched alkanes of at least 4 members (excludes halogenated alkanes) is 22. The van der Waals surface area contributed by atoms with Gasteiger partial charge in [-0.05, 0) is 122 Å². The van der Waals surface area contributed by atoms with Gasteiger partial charge in [0.05, 0.1) is 26.4 Å². The van der Waals surface area contributed by atoms with Crippen LogP contribution < -0.4 is 0 Å². The van der Waals surface area contributed by atoms with Crippen molar-refractivity contribution < 1.29 is 80.2 Å². The summed E-state index contributed by atoms with van der Waals surface area (Å²) < 4.78 is 68.2. The minimum Gasteiger partial charge on any atom is -0.462 e. The minimum atomic E-state index is -4.99. The molecule has 0 aliphatic rings. The number of aliphatic hydroxyl groups excluding tert-OH is 1. The highest BCUT2D eigenvalue weighted by Crippen LogP contribution is 2.45. The van der Waals surface area contributed by atoms with Crippen LogP contribution in [0.2, 0.25) is 0 Å². The molecule has 0 bridgehead atoms. The zero-order chi connectivity index (χ0) is 70.4. The highest BCUT2D eigenvalue weighted by atomic mass is 31.2. The highest BCUT2D eigenvalue weighted by molar-refractivity contribution is 7.47. The number of hydrogen-bond donors (Lipinski definition) is 3. The van der Waals surface area contributed by atoms with E-state index in [1.54, 1.807) is 0 Å². The summed E-state index contributed by atoms with van der Waals surface area (Å²) in [5.41, 5.74) is 0. The zero-order valence-electron chi connectivity index (χ0n) is 59.8. The lowest BCUT2D eigenvalue weighted by Crippen LogP contribution is -2.30. The van der Waals surface area contributed by atoms with Gasteiger partial charge in [-0.1, -0.05) is 258 Å². The van der Waals surface area contributed by atoms with Gasteiger partial charge >= 0.3 is 39.5 Å². The molecule has 0 aliphatic heterocycles. The molecule has 5 atom stereocenters. The third-order valence-corrected chi connectivity index (χ3v) is 16.8. The monoisotopic (exact) mass is 1390 g/mol. The number of carbonyl (C=O) groups excluding carboxylic acids is 4. The van der Waals surface area contributed by atoms with Crippen LogP contribution in [-0.4, -0.2) is 96.7 Å². The van der Waals surface area contributed by atoms with E-state index in [9.17, 15) is 43.2 Å². The molecule has 0 fully saturated rings. The molecule has 550 valence electrons. The van der Waals surface area contributed by atoms with Gasteiger partial charge < -0.3 is 33.8 Å². The van der Waals surface area contributed by atoms with E-state index in [2.05, 4.69) is 137 Å². The van der Waals surface area contributed by atoms with E-state index in [4.69, 9.17) is 37.0 Å². The van der Waals surface area contributed by atoms with E-state index in [-0.39, 0.29) is 25.7 Å². The number of allylic oxidation sites excluding steroid dienone is 20. The van der Waals surface area contributed by atoms with Gasteiger partial charge in [0, 0.05) is 25.7 Å². The summed E-state index contributed by atoms with van der Waals surface area (Å²) in [4.78, 5) is 72.7. The fourth-order valence-corrected chi connectivity index (χ4v) is 10.9. The number of ether oxygens (including phenoxy) is 4. The van der Waals surface area contributed by atoms with E-state index in [0.717, 1.165) is 135 Å². The molecule has 3 N–H and O–H groups in total. The van der Waals surface area contributed by atoms with Crippen molar-refractivity contribution in [2.24, 2.45) is 0 Å². The third-order valence-electron chi connectivity index (χ3n) is 14.9. The minimum absolute atomic E-state index is 0.0723. The third kappa shape index (κ3) is 68.0. The predicted octanol–water partition coefficient (Wildman–Crippen LogP) is 20.8. The van der Waals surface area contributed by atoms with Gasteiger partial charge in [-0.2, -0.15) is 0 Å². The lowest BCUT2D eigenvalue weighted by Gasteiger charge is -2.21. The van der Waals surface area contributed by atoms with Crippen LogP contribution in [0.15, 0.2) is 122 Å². The molecule has 0 aromatic carbocycles. The van der Waals surface area contributed by atoms with Crippen LogP contribution in [0.4, 0.5) is 0 Å². The summed E-state index contributed by atoms with van der Waals surface area (Å²) in [5.74, 6) is -2.30. The van der Waals surface area contributed by atoms with Crippen LogP contribution in [0.25, 0.3) is 0 Å². The Kier molecular flexibility index (Phi) is 65.7. The lowest BCUT2D eigenvalue weighted by atomic mass is 10.0. The topological polar surface area (TPSA) is 237 Å². The molecule has 0 aliphatic carbocycles. The van der Waals surface area contributed by atoms with Crippen molar-refractivity contribution >= 4 is 39.5 Å². The fourth-order valence-electron chi connectivity index (χ4n) is 9.34. The molecule has 0 spiro atoms. The van der Waals surface area contributed by atoms with Crippen LogP contribution in [-0.2, 0) is 65.4 Å². The first kappa shape index (κ1) is 91.5. The average molecular weight is 1390 g/mol. The fraction of sp³-hybridized carbons (Fsp3) is 0.688. The van der Waals surface area contributed by atoms with Crippen molar-refractivity contribution in [2.75, 3.05) is 39.6 Å². The van der Waals surface area contributed by atoms with Crippen molar-refractivity contribution in [3.05, 3.63) is 122 Å². The highest BCUT2D eigenvalue weighted by Gasteiger charge is 2.30. The van der Waals surface area contributed by atoms with Crippen LogP contribution in [0, 0.1) is 0 Å². The molecule has 0 radical (unpaired) electrons. The molecular formula is C77H130O17P2. The molecule has 0 saturated carbocycles. The van der Waals surface area contributed by atoms with Gasteiger partial charge in [-0.3, -0.25) is 37.3 Å². The average Bonchev–Trinajstić information content (AvgIpc) is 1.17. The smallest absolute Gasteiger partial charge is 0.462 e. The molecular weight excluding hydrogens is 1260 g/mol. The van der Waals surface area contributed by atoms with Crippen molar-refractivity contribution in [3.8, 4) is 0 Å². The van der Waals surface area contributed by atoms with E-state index >= 15 is 0 Å². The molecule has 0 aromatic rings. The van der Waals surface area contributed by atoms with Gasteiger partial charge in [0.1, 0.15) is 19.3 Å². The van der Waals surface area contributed by atoms with E-state index in [1.807, 2.05) is 12.2 Å². The summed E-state index contributed by atoms with van der Waals surface area (Å²) in [6, 6.07) is 0. The second-order valence-corrected chi connectivity index (χ2v) is 27.0. The first-order valence-electron chi connectivity index (χ1n) is 36.8. The van der Waals surface area contributed by atoms with Crippen molar-refractivity contribution in [1.82, 2.24) is 0 Å². The largest absolute Gasteiger partial charge is 0.472 e. The maximum Gasteiger partial charge on any atom is 0.472 e. The molecule has 17 nitrogen and oxygen atoms in total. The maximum atomic E-state index is 13.0. The first-order valence-corrected chi connectivity index (χ1v) is 39.8. The second-order valence-electron chi connectivity index (χ2n) is 24.1. The Hall–Kier alpha value is -4.54. The van der Waals surface area contributed by atoms with E-state index in [0.29, 0.717) is 32.1 Å². The van der Waals surface area contributed by atoms with Gasteiger partial charge in [-0.15, -0.1) is 0 Å². The zero-order valence-corrected chi connectivity index (χ0v) is 61.5. The number of esters is 4. The Balaban J connectivity index is 5.40. The first-order chi connectivity index (χ1) is 46.7. The molecule has 0 rings (SSSR count). The maximum absolute atomic E-state index is 13.0. The second kappa shape index (κ2) is 69.0. The molecule has 0 aromatic heterocycles. The quantitative estimate of drug-likeness (QED) is 0.0169. The number of phosphoric ester groups is 2. The van der Waals surface area contributed by atoms with Crippen molar-refractivity contribution in [2.45, 2.75) is 303 Å². The Labute approximate surface area is 581 Å². The van der Waals surface area contributed by atoms with Gasteiger partial charge in [-0.25, -0.2) is 9.13 Å². The predicted molar refractivity (Wildman–Crippen MR) is 390 cm³/mol. The number of hydrogen-bond acceptors (Lipinski definition) is 15. The van der Waals surface area contributed by atoms with E-state index in [1.165, 1.54) is 64.2 Å². The normalized spacial score (nSPS) is 14.7. The number of phosphoric acid groups is 2. The Bertz CT molecular complexity index is 2300. The summed E-state index contributed by atoms with van der Waals surface area (Å²) in [5, 5.41) is 10.6. The van der Waals surface area contributed by atoms with Gasteiger partial charge in [0.25, 0.3) is 0 Å². The van der Waals surface area contributed by atoms with Crippen LogP contribution in [0.5, 0.6) is 0 Å². The van der Waals surface area contributed by atoms with Crippen LogP contribution >= 0.6 is 15.6 Å². The number of aliphatic hydroxyl groups is 1. The Morgan fingerprint density at radius 1 is 0.302 bits per heavy atom. The number of carbonyl (C=O) groups is 4. The summed E-state index contributed by atoms with van der Waals surface area (Å²) in [7, 11) is -9.97. The standard InChI is InChI=1S/C77H130O17P2/c1-5-9-13-17-21-25-29-32-34-35-37-40-43-46-50-54-58-62-75(80)88-68-73(94-77(82)64-60-56-52-48-44-38-31-27-23-19-15-11-7-3)70-92-96(85,86)90-66-71(78)65-89-95(83,84)91-69-72(93-76(81)63-59-55-51-47-41-28-24-20-16-12-8-4)67-87-74(79)61-57-53-49-45-42-39-36-33-30-26-22-18-14-10-6-2/h9-10,13-14,20-22,24-26,32-34,36-37,40,42,45-46,50,71-73,78H,5-8,11-12,15-19,23,27-31,35,38-39,41,43-44,47-49,51-70H2,1-4H3,(H,83,84)(H,85,86)/b13-9-,14-10-,24-20-,25-21-,26-22-,34-32-,36-33-,40-37-,45-42-,50-46-. The molecule has 19 heteroatoms. The number of rotatable bonds is 68. The Morgan fingerprint density at radius 2 is 0.562 bits per heavy atom. The lowest BCUT2D eigenvalue weighted by molar-refractivity contribution is -0.161. The molecule has 0 heterocycles. The molecule has 5 unspecified atom stereocenters.